The molecule has 2 aromatic carbocycles. The maximum atomic E-state index is 13.3. The van der Waals surface area contributed by atoms with E-state index < -0.39 is 17.8 Å². The van der Waals surface area contributed by atoms with Gasteiger partial charge in [-0.3, -0.25) is 0 Å². The minimum Gasteiger partial charge on any atom is -0.320 e. The summed E-state index contributed by atoms with van der Waals surface area (Å²) in [6, 6.07) is 6.83. The van der Waals surface area contributed by atoms with Crippen LogP contribution in [0, 0.1) is 19.7 Å². The number of aryl methyl sites for hydroxylation is 2. The highest BCUT2D eigenvalue weighted by atomic mass is 19.4. The van der Waals surface area contributed by atoms with Crippen molar-refractivity contribution >= 4 is 0 Å². The number of alkyl halides is 3. The lowest BCUT2D eigenvalue weighted by Crippen LogP contribution is -2.16. The lowest BCUT2D eigenvalue weighted by Gasteiger charge is -2.19. The summed E-state index contributed by atoms with van der Waals surface area (Å²) in [5.74, 6) is -0.384. The number of benzene rings is 2. The van der Waals surface area contributed by atoms with Gasteiger partial charge in [0.05, 0.1) is 11.6 Å². The van der Waals surface area contributed by atoms with Crippen molar-refractivity contribution in [3.05, 3.63) is 70.0 Å². The summed E-state index contributed by atoms with van der Waals surface area (Å²) in [7, 11) is 0. The van der Waals surface area contributed by atoms with Gasteiger partial charge in [0.15, 0.2) is 0 Å². The smallest absolute Gasteiger partial charge is 0.320 e. The van der Waals surface area contributed by atoms with Crippen LogP contribution >= 0.6 is 0 Å². The molecular weight excluding hydrogens is 282 g/mol. The topological polar surface area (TPSA) is 26.0 Å². The van der Waals surface area contributed by atoms with Gasteiger partial charge >= 0.3 is 6.18 Å². The summed E-state index contributed by atoms with van der Waals surface area (Å²) < 4.78 is 51.6. The Hall–Kier alpha value is -1.88. The highest BCUT2D eigenvalue weighted by Gasteiger charge is 2.31. The molecule has 0 fully saturated rings. The van der Waals surface area contributed by atoms with Crippen molar-refractivity contribution in [3.63, 3.8) is 0 Å². The molecule has 2 rings (SSSR count). The third-order valence-corrected chi connectivity index (χ3v) is 3.44. The molecule has 112 valence electrons. The first kappa shape index (κ1) is 15.5. The summed E-state index contributed by atoms with van der Waals surface area (Å²) in [4.78, 5) is 0. The molecule has 2 N–H and O–H groups in total. The Kier molecular flexibility index (Phi) is 4.05. The summed E-state index contributed by atoms with van der Waals surface area (Å²) in [5.41, 5.74) is 7.59. The van der Waals surface area contributed by atoms with Crippen molar-refractivity contribution < 1.29 is 17.6 Å². The standard InChI is InChI=1S/C16H15F4N/c1-9-6-13(17)7-10(2)14(9)15(21)11-4-3-5-12(8-11)16(18,19)20/h3-8,15H,21H2,1-2H3. The molecule has 0 aromatic heterocycles. The fourth-order valence-corrected chi connectivity index (χ4v) is 2.49. The molecule has 0 radical (unpaired) electrons. The number of hydrogen-bond donors (Lipinski definition) is 1. The SMILES string of the molecule is Cc1cc(F)cc(C)c1C(N)c1cccc(C(F)(F)F)c1. The minimum atomic E-state index is -4.41. The summed E-state index contributed by atoms with van der Waals surface area (Å²) in [6.07, 6.45) is -4.41. The van der Waals surface area contributed by atoms with Gasteiger partial charge in [-0.1, -0.05) is 12.1 Å². The van der Waals surface area contributed by atoms with Crippen molar-refractivity contribution in [2.45, 2.75) is 26.1 Å². The van der Waals surface area contributed by atoms with E-state index in [1.807, 2.05) is 0 Å². The molecule has 0 spiro atoms. The van der Waals surface area contributed by atoms with Crippen LogP contribution in [0.1, 0.15) is 33.9 Å². The zero-order valence-corrected chi connectivity index (χ0v) is 11.6. The van der Waals surface area contributed by atoms with E-state index in [-0.39, 0.29) is 5.82 Å². The van der Waals surface area contributed by atoms with E-state index in [2.05, 4.69) is 0 Å². The first-order valence-electron chi connectivity index (χ1n) is 6.39. The molecule has 2 aromatic rings. The van der Waals surface area contributed by atoms with Crippen LogP contribution < -0.4 is 5.73 Å². The molecule has 0 heterocycles. The zero-order valence-electron chi connectivity index (χ0n) is 11.6. The monoisotopic (exact) mass is 297 g/mol. The first-order valence-corrected chi connectivity index (χ1v) is 6.39. The van der Waals surface area contributed by atoms with Crippen molar-refractivity contribution in [1.29, 1.82) is 0 Å². The van der Waals surface area contributed by atoms with E-state index in [1.165, 1.54) is 18.2 Å². The largest absolute Gasteiger partial charge is 0.416 e. The highest BCUT2D eigenvalue weighted by molar-refractivity contribution is 5.43. The van der Waals surface area contributed by atoms with Gasteiger partial charge in [-0.05, 0) is 60.4 Å². The number of hydrogen-bond acceptors (Lipinski definition) is 1. The second-order valence-electron chi connectivity index (χ2n) is 5.05. The molecule has 0 amide bonds. The Morgan fingerprint density at radius 3 is 2.10 bits per heavy atom. The molecule has 0 aliphatic rings. The van der Waals surface area contributed by atoms with Gasteiger partial charge in [0.2, 0.25) is 0 Å². The van der Waals surface area contributed by atoms with Crippen LogP contribution in [0.2, 0.25) is 0 Å². The van der Waals surface area contributed by atoms with Crippen LogP contribution in [0.5, 0.6) is 0 Å². The van der Waals surface area contributed by atoms with E-state index in [1.54, 1.807) is 19.9 Å². The third kappa shape index (κ3) is 3.24. The van der Waals surface area contributed by atoms with Crippen LogP contribution in [-0.4, -0.2) is 0 Å². The van der Waals surface area contributed by atoms with E-state index in [4.69, 9.17) is 5.73 Å². The molecule has 0 bridgehead atoms. The molecular formula is C16H15F4N. The van der Waals surface area contributed by atoms with Gasteiger partial charge in [-0.15, -0.1) is 0 Å². The van der Waals surface area contributed by atoms with Crippen LogP contribution in [-0.2, 0) is 6.18 Å². The first-order chi connectivity index (χ1) is 9.70. The molecule has 0 saturated heterocycles. The van der Waals surface area contributed by atoms with E-state index in [9.17, 15) is 17.6 Å². The van der Waals surface area contributed by atoms with Crippen molar-refractivity contribution in [2.75, 3.05) is 0 Å². The third-order valence-electron chi connectivity index (χ3n) is 3.44. The van der Waals surface area contributed by atoms with Gasteiger partial charge in [0.1, 0.15) is 5.82 Å². The lowest BCUT2D eigenvalue weighted by atomic mass is 9.91. The molecule has 5 heteroatoms. The maximum Gasteiger partial charge on any atom is 0.416 e. The minimum absolute atomic E-state index is 0.350. The molecule has 0 saturated carbocycles. The van der Waals surface area contributed by atoms with Crippen LogP contribution in [0.25, 0.3) is 0 Å². The Morgan fingerprint density at radius 2 is 1.57 bits per heavy atom. The lowest BCUT2D eigenvalue weighted by molar-refractivity contribution is -0.137. The molecule has 1 unspecified atom stereocenters. The van der Waals surface area contributed by atoms with E-state index in [0.717, 1.165) is 12.1 Å². The Balaban J connectivity index is 2.48. The quantitative estimate of drug-likeness (QED) is 0.811. The summed E-state index contributed by atoms with van der Waals surface area (Å²) >= 11 is 0. The predicted octanol–water partition coefficient (Wildman–Crippen LogP) is 4.51. The van der Waals surface area contributed by atoms with Crippen molar-refractivity contribution in [1.82, 2.24) is 0 Å². The number of halogens is 4. The molecule has 0 aliphatic carbocycles. The summed E-state index contributed by atoms with van der Waals surface area (Å²) in [6.45, 7) is 3.39. The van der Waals surface area contributed by atoms with Crippen LogP contribution in [0.15, 0.2) is 36.4 Å². The summed E-state index contributed by atoms with van der Waals surface area (Å²) in [5, 5.41) is 0. The molecule has 0 aliphatic heterocycles. The maximum absolute atomic E-state index is 13.3. The van der Waals surface area contributed by atoms with Crippen molar-refractivity contribution in [2.24, 2.45) is 5.73 Å². The normalized spacial score (nSPS) is 13.3. The fourth-order valence-electron chi connectivity index (χ4n) is 2.49. The number of rotatable bonds is 2. The van der Waals surface area contributed by atoms with Crippen LogP contribution in [0.3, 0.4) is 0 Å². The predicted molar refractivity (Wildman–Crippen MR) is 73.3 cm³/mol. The molecule has 1 atom stereocenters. The Bertz CT molecular complexity index is 639. The number of nitrogens with two attached hydrogens (primary N) is 1. The molecule has 1 nitrogen and oxygen atoms in total. The van der Waals surface area contributed by atoms with Gasteiger partial charge in [-0.25, -0.2) is 4.39 Å². The average molecular weight is 297 g/mol. The zero-order chi connectivity index (χ0) is 15.8. The van der Waals surface area contributed by atoms with Gasteiger partial charge in [0.25, 0.3) is 0 Å². The van der Waals surface area contributed by atoms with Crippen LogP contribution in [0.4, 0.5) is 17.6 Å². The highest BCUT2D eigenvalue weighted by Crippen LogP contribution is 2.33. The van der Waals surface area contributed by atoms with Gasteiger partial charge in [-0.2, -0.15) is 13.2 Å². The van der Waals surface area contributed by atoms with E-state index in [0.29, 0.717) is 22.3 Å². The molecule has 21 heavy (non-hydrogen) atoms. The average Bonchev–Trinajstić information content (AvgIpc) is 2.36. The van der Waals surface area contributed by atoms with Gasteiger partial charge in [0, 0.05) is 0 Å². The van der Waals surface area contributed by atoms with Crippen molar-refractivity contribution in [3.8, 4) is 0 Å². The fraction of sp³-hybridized carbons (Fsp3) is 0.250. The van der Waals surface area contributed by atoms with Gasteiger partial charge < -0.3 is 5.73 Å². The van der Waals surface area contributed by atoms with E-state index >= 15 is 0 Å². The second kappa shape index (κ2) is 5.48. The Morgan fingerprint density at radius 1 is 1.00 bits per heavy atom. The Labute approximate surface area is 120 Å². The second-order valence-corrected chi connectivity index (χ2v) is 5.05.